The molecule has 8 nitrogen and oxygen atoms in total. The maximum atomic E-state index is 12.7. The quantitative estimate of drug-likeness (QED) is 0.105. The fraction of sp³-hybridized carbons (Fsp3) is 0.154. The van der Waals surface area contributed by atoms with Gasteiger partial charge in [-0.1, -0.05) is 42.1 Å². The third kappa shape index (κ3) is 6.43. The number of aromatic hydroxyl groups is 1. The molecule has 0 radical (unpaired) electrons. The van der Waals surface area contributed by atoms with Crippen LogP contribution in [0.4, 0.5) is 5.69 Å². The second kappa shape index (κ2) is 12.0. The van der Waals surface area contributed by atoms with E-state index in [9.17, 15) is 9.90 Å². The highest BCUT2D eigenvalue weighted by atomic mass is 127. The van der Waals surface area contributed by atoms with Crippen LogP contribution in [-0.2, 0) is 11.3 Å². The summed E-state index contributed by atoms with van der Waals surface area (Å²) in [6, 6.07) is 22.8. The molecular formula is C26H25IN6O2S. The van der Waals surface area contributed by atoms with Crippen molar-refractivity contribution in [3.63, 3.8) is 0 Å². The van der Waals surface area contributed by atoms with Crippen LogP contribution in [0.3, 0.4) is 0 Å². The minimum atomic E-state index is -0.488. The molecule has 0 aliphatic carbocycles. The lowest BCUT2D eigenvalue weighted by molar-refractivity contribution is -0.120. The molecular weight excluding hydrogens is 587 g/mol. The first-order chi connectivity index (χ1) is 17.4. The molecule has 0 bridgehead atoms. The average molecular weight is 612 g/mol. The number of rotatable bonds is 9. The molecule has 0 aliphatic rings. The first kappa shape index (κ1) is 25.7. The molecule has 0 fully saturated rings. The van der Waals surface area contributed by atoms with Crippen LogP contribution in [0, 0.1) is 10.5 Å². The molecule has 0 aliphatic heterocycles. The van der Waals surface area contributed by atoms with E-state index in [4.69, 9.17) is 0 Å². The second-order valence-corrected chi connectivity index (χ2v) is 10.5. The van der Waals surface area contributed by atoms with Gasteiger partial charge in [-0.05, 0) is 84.5 Å². The zero-order chi connectivity index (χ0) is 25.5. The molecule has 36 heavy (non-hydrogen) atoms. The SMILES string of the molecule is Cc1cc(I)ccc1NCc1nnc(S[C@@H](C)C(=O)N/N=C\c2ccccc2O)n1-c1ccccc1. The third-order valence-electron chi connectivity index (χ3n) is 5.31. The maximum Gasteiger partial charge on any atom is 0.253 e. The number of carbonyl (C=O) groups excluding carboxylic acids is 1. The van der Waals surface area contributed by atoms with Gasteiger partial charge in [0.25, 0.3) is 5.91 Å². The topological polar surface area (TPSA) is 104 Å². The molecule has 0 spiro atoms. The largest absolute Gasteiger partial charge is 0.507 e. The molecule has 0 saturated carbocycles. The molecule has 10 heteroatoms. The first-order valence-corrected chi connectivity index (χ1v) is 13.2. The van der Waals surface area contributed by atoms with Crippen molar-refractivity contribution in [3.05, 3.63) is 93.3 Å². The van der Waals surface area contributed by atoms with Gasteiger partial charge in [-0.15, -0.1) is 10.2 Å². The van der Waals surface area contributed by atoms with Gasteiger partial charge in [0.2, 0.25) is 0 Å². The summed E-state index contributed by atoms with van der Waals surface area (Å²) >= 11 is 3.59. The Hall–Kier alpha value is -3.38. The first-order valence-electron chi connectivity index (χ1n) is 11.2. The second-order valence-electron chi connectivity index (χ2n) is 7.94. The molecule has 0 unspecified atom stereocenters. The summed E-state index contributed by atoms with van der Waals surface area (Å²) in [6.45, 7) is 4.32. The number of benzene rings is 3. The summed E-state index contributed by atoms with van der Waals surface area (Å²) in [5, 5.41) is 26.2. The third-order valence-corrected chi connectivity index (χ3v) is 7.02. The number of aryl methyl sites for hydroxylation is 1. The van der Waals surface area contributed by atoms with Crippen molar-refractivity contribution in [1.82, 2.24) is 20.2 Å². The lowest BCUT2D eigenvalue weighted by atomic mass is 10.2. The minimum absolute atomic E-state index is 0.0930. The van der Waals surface area contributed by atoms with Gasteiger partial charge in [0.15, 0.2) is 11.0 Å². The van der Waals surface area contributed by atoms with Crippen LogP contribution in [0.2, 0.25) is 0 Å². The molecule has 3 aromatic carbocycles. The molecule has 1 aromatic heterocycles. The lowest BCUT2D eigenvalue weighted by Gasteiger charge is -2.14. The lowest BCUT2D eigenvalue weighted by Crippen LogP contribution is -2.27. The number of anilines is 1. The molecule has 4 rings (SSSR count). The standard InChI is InChI=1S/C26H25IN6O2S/c1-17-14-20(27)12-13-22(17)28-16-24-30-32-26(33(24)21-9-4-3-5-10-21)36-18(2)25(35)31-29-15-19-8-6-7-11-23(19)34/h3-15,18,28,34H,16H2,1-2H3,(H,31,35)/b29-15-/t18-/m0/s1. The number of phenols is 1. The van der Waals surface area contributed by atoms with Crippen molar-refractivity contribution in [2.75, 3.05) is 5.32 Å². The number of thioether (sulfide) groups is 1. The van der Waals surface area contributed by atoms with E-state index >= 15 is 0 Å². The molecule has 1 heterocycles. The van der Waals surface area contributed by atoms with Gasteiger partial charge in [0.1, 0.15) is 5.75 Å². The molecule has 0 saturated heterocycles. The smallest absolute Gasteiger partial charge is 0.253 e. The predicted octanol–water partition coefficient (Wildman–Crippen LogP) is 5.13. The minimum Gasteiger partial charge on any atom is -0.507 e. The number of phenolic OH excluding ortho intramolecular Hbond substituents is 1. The maximum absolute atomic E-state index is 12.7. The Kier molecular flexibility index (Phi) is 8.60. The molecule has 184 valence electrons. The number of hydrazone groups is 1. The molecule has 1 amide bonds. The van der Waals surface area contributed by atoms with Crippen molar-refractivity contribution < 1.29 is 9.90 Å². The Balaban J connectivity index is 1.49. The van der Waals surface area contributed by atoms with Crippen LogP contribution in [-0.4, -0.2) is 37.2 Å². The van der Waals surface area contributed by atoms with E-state index in [1.165, 1.54) is 21.5 Å². The predicted molar refractivity (Wildman–Crippen MR) is 152 cm³/mol. The monoisotopic (exact) mass is 612 g/mol. The van der Waals surface area contributed by atoms with Crippen LogP contribution >= 0.6 is 34.4 Å². The Bertz CT molecular complexity index is 1380. The van der Waals surface area contributed by atoms with Gasteiger partial charge in [-0.3, -0.25) is 9.36 Å². The van der Waals surface area contributed by atoms with E-state index in [1.807, 2.05) is 34.9 Å². The van der Waals surface area contributed by atoms with Crippen molar-refractivity contribution in [2.24, 2.45) is 5.10 Å². The number of halogens is 1. The summed E-state index contributed by atoms with van der Waals surface area (Å²) in [5.74, 6) is 0.533. The number of nitrogens with zero attached hydrogens (tertiary/aromatic N) is 4. The van der Waals surface area contributed by atoms with E-state index in [1.54, 1.807) is 31.2 Å². The van der Waals surface area contributed by atoms with Gasteiger partial charge in [-0.2, -0.15) is 5.10 Å². The Morgan fingerprint density at radius 1 is 1.14 bits per heavy atom. The highest BCUT2D eigenvalue weighted by Crippen LogP contribution is 2.27. The zero-order valence-corrected chi connectivity index (χ0v) is 22.7. The summed E-state index contributed by atoms with van der Waals surface area (Å²) in [5.41, 5.74) is 6.13. The van der Waals surface area contributed by atoms with Crippen LogP contribution in [0.5, 0.6) is 5.75 Å². The summed E-state index contributed by atoms with van der Waals surface area (Å²) in [7, 11) is 0. The molecule has 1 atom stereocenters. The van der Waals surface area contributed by atoms with Crippen LogP contribution in [0.25, 0.3) is 5.69 Å². The molecule has 3 N–H and O–H groups in total. The number of amides is 1. The molecule has 4 aromatic rings. The highest BCUT2D eigenvalue weighted by molar-refractivity contribution is 14.1. The van der Waals surface area contributed by atoms with E-state index < -0.39 is 5.25 Å². The van der Waals surface area contributed by atoms with Crippen LogP contribution in [0.1, 0.15) is 23.9 Å². The van der Waals surface area contributed by atoms with Crippen molar-refractivity contribution in [1.29, 1.82) is 0 Å². The number of aromatic nitrogens is 3. The normalized spacial score (nSPS) is 12.0. The van der Waals surface area contributed by atoms with Crippen molar-refractivity contribution in [3.8, 4) is 11.4 Å². The van der Waals surface area contributed by atoms with Gasteiger partial charge in [0, 0.05) is 20.5 Å². The summed E-state index contributed by atoms with van der Waals surface area (Å²) in [4.78, 5) is 12.7. The fourth-order valence-electron chi connectivity index (χ4n) is 3.39. The van der Waals surface area contributed by atoms with E-state index in [2.05, 4.69) is 73.8 Å². The Morgan fingerprint density at radius 2 is 1.89 bits per heavy atom. The fourth-order valence-corrected chi connectivity index (χ4v) is 4.92. The van der Waals surface area contributed by atoms with Crippen molar-refractivity contribution in [2.45, 2.75) is 30.8 Å². The number of hydrogen-bond acceptors (Lipinski definition) is 7. The van der Waals surface area contributed by atoms with E-state index in [0.29, 0.717) is 17.3 Å². The number of carbonyl (C=O) groups is 1. The van der Waals surface area contributed by atoms with Crippen molar-refractivity contribution >= 4 is 52.2 Å². The zero-order valence-electron chi connectivity index (χ0n) is 19.7. The van der Waals surface area contributed by atoms with E-state index in [0.717, 1.165) is 22.8 Å². The van der Waals surface area contributed by atoms with Crippen LogP contribution in [0.15, 0.2) is 83.1 Å². The van der Waals surface area contributed by atoms with Gasteiger partial charge < -0.3 is 10.4 Å². The number of para-hydroxylation sites is 2. The van der Waals surface area contributed by atoms with E-state index in [-0.39, 0.29) is 11.7 Å². The van der Waals surface area contributed by atoms with Gasteiger partial charge in [0.05, 0.1) is 18.0 Å². The number of nitrogens with one attached hydrogen (secondary N) is 2. The number of hydrogen-bond donors (Lipinski definition) is 3. The van der Waals surface area contributed by atoms with Gasteiger partial charge >= 0.3 is 0 Å². The summed E-state index contributed by atoms with van der Waals surface area (Å²) in [6.07, 6.45) is 1.41. The van der Waals surface area contributed by atoms with Gasteiger partial charge in [-0.25, -0.2) is 5.43 Å². The Morgan fingerprint density at radius 3 is 2.64 bits per heavy atom. The average Bonchev–Trinajstić information content (AvgIpc) is 3.27. The Labute approximate surface area is 227 Å². The summed E-state index contributed by atoms with van der Waals surface area (Å²) < 4.78 is 3.13. The van der Waals surface area contributed by atoms with Crippen LogP contribution < -0.4 is 10.7 Å². The highest BCUT2D eigenvalue weighted by Gasteiger charge is 2.21.